The third kappa shape index (κ3) is 5.33. The van der Waals surface area contributed by atoms with Crippen LogP contribution in [0.3, 0.4) is 0 Å². The van der Waals surface area contributed by atoms with Crippen LogP contribution in [-0.2, 0) is 14.3 Å². The first-order valence-electron chi connectivity index (χ1n) is 6.46. The van der Waals surface area contributed by atoms with Crippen LogP contribution in [0.5, 0.6) is 11.5 Å². The normalized spacial score (nSPS) is 9.91. The van der Waals surface area contributed by atoms with E-state index in [9.17, 15) is 19.5 Å². The number of halogens is 1. The molecule has 9 heteroatoms. The quantitative estimate of drug-likeness (QED) is 0.724. The van der Waals surface area contributed by atoms with Crippen LogP contribution in [0.15, 0.2) is 12.1 Å². The highest BCUT2D eigenvalue weighted by Gasteiger charge is 2.16. The molecule has 1 rings (SSSR count). The molecule has 0 saturated carbocycles. The minimum absolute atomic E-state index is 0.00508. The van der Waals surface area contributed by atoms with Crippen molar-refractivity contribution in [3.8, 4) is 11.5 Å². The lowest BCUT2D eigenvalue weighted by Gasteiger charge is -2.11. The maximum Gasteiger partial charge on any atom is 0.338 e. The van der Waals surface area contributed by atoms with Crippen molar-refractivity contribution >= 4 is 29.4 Å². The molecule has 1 aromatic carbocycles. The Labute approximate surface area is 137 Å². The Kier molecular flexibility index (Phi) is 6.65. The lowest BCUT2D eigenvalue weighted by Crippen LogP contribution is -2.38. The summed E-state index contributed by atoms with van der Waals surface area (Å²) in [6, 6.07) is 2.42. The van der Waals surface area contributed by atoms with E-state index in [1.54, 1.807) is 14.1 Å². The molecule has 0 spiro atoms. The second kappa shape index (κ2) is 8.23. The average molecular weight is 345 g/mol. The average Bonchev–Trinajstić information content (AvgIpc) is 2.52. The van der Waals surface area contributed by atoms with Gasteiger partial charge in [0, 0.05) is 14.1 Å². The Hall–Kier alpha value is -2.48. The van der Waals surface area contributed by atoms with Gasteiger partial charge < -0.3 is 24.8 Å². The van der Waals surface area contributed by atoms with Gasteiger partial charge >= 0.3 is 5.97 Å². The van der Waals surface area contributed by atoms with Gasteiger partial charge in [-0.25, -0.2) is 4.79 Å². The van der Waals surface area contributed by atoms with E-state index in [2.05, 4.69) is 5.32 Å². The number of esters is 1. The summed E-state index contributed by atoms with van der Waals surface area (Å²) in [4.78, 5) is 36.0. The number of carbonyl (C=O) groups excluding carboxylic acids is 3. The van der Waals surface area contributed by atoms with Gasteiger partial charge in [-0.15, -0.1) is 0 Å². The largest absolute Gasteiger partial charge is 0.503 e. The van der Waals surface area contributed by atoms with Crippen LogP contribution in [0.1, 0.15) is 10.4 Å². The van der Waals surface area contributed by atoms with Gasteiger partial charge in [0.2, 0.25) is 5.91 Å². The molecule has 126 valence electrons. The van der Waals surface area contributed by atoms with E-state index in [4.69, 9.17) is 21.1 Å². The van der Waals surface area contributed by atoms with Crippen molar-refractivity contribution in [3.63, 3.8) is 0 Å². The monoisotopic (exact) mass is 344 g/mol. The molecule has 0 saturated heterocycles. The number of aromatic hydroxyl groups is 1. The SMILES string of the molecule is COc1cc(C(=O)OCC(=O)NCC(=O)N(C)C)cc(Cl)c1O. The Morgan fingerprint density at radius 1 is 1.30 bits per heavy atom. The van der Waals surface area contributed by atoms with Crippen LogP contribution in [0.2, 0.25) is 5.02 Å². The molecule has 0 fully saturated rings. The summed E-state index contributed by atoms with van der Waals surface area (Å²) in [5.74, 6) is -2.03. The fraction of sp³-hybridized carbons (Fsp3) is 0.357. The number of phenolic OH excluding ortho intramolecular Hbond substituents is 1. The molecule has 0 bridgehead atoms. The van der Waals surface area contributed by atoms with Crippen LogP contribution in [0.25, 0.3) is 0 Å². The predicted molar refractivity (Wildman–Crippen MR) is 81.7 cm³/mol. The predicted octanol–water partition coefficient (Wildman–Crippen LogP) is 0.415. The van der Waals surface area contributed by atoms with Gasteiger partial charge in [-0.3, -0.25) is 9.59 Å². The molecule has 2 N–H and O–H groups in total. The van der Waals surface area contributed by atoms with E-state index < -0.39 is 18.5 Å². The molecular formula is C14H17ClN2O6. The van der Waals surface area contributed by atoms with Crippen molar-refractivity contribution in [2.75, 3.05) is 34.4 Å². The molecular weight excluding hydrogens is 328 g/mol. The van der Waals surface area contributed by atoms with Crippen LogP contribution in [0, 0.1) is 0 Å². The summed E-state index contributed by atoms with van der Waals surface area (Å²) >= 11 is 5.76. The van der Waals surface area contributed by atoms with Crippen molar-refractivity contribution in [2.45, 2.75) is 0 Å². The molecule has 0 heterocycles. The van der Waals surface area contributed by atoms with Crippen LogP contribution < -0.4 is 10.1 Å². The first-order valence-corrected chi connectivity index (χ1v) is 6.84. The van der Waals surface area contributed by atoms with Gasteiger partial charge in [-0.1, -0.05) is 11.6 Å². The maximum atomic E-state index is 11.9. The smallest absolute Gasteiger partial charge is 0.338 e. The van der Waals surface area contributed by atoms with Gasteiger partial charge in [0.25, 0.3) is 5.91 Å². The van der Waals surface area contributed by atoms with E-state index >= 15 is 0 Å². The summed E-state index contributed by atoms with van der Waals surface area (Å²) in [5, 5.41) is 11.8. The van der Waals surface area contributed by atoms with Gasteiger partial charge in [-0.05, 0) is 12.1 Å². The number of methoxy groups -OCH3 is 1. The summed E-state index contributed by atoms with van der Waals surface area (Å²) < 4.78 is 9.67. The fourth-order valence-electron chi connectivity index (χ4n) is 1.45. The summed E-state index contributed by atoms with van der Waals surface area (Å²) in [7, 11) is 4.41. The second-order valence-corrected chi connectivity index (χ2v) is 5.06. The maximum absolute atomic E-state index is 11.9. The zero-order valence-corrected chi connectivity index (χ0v) is 13.6. The minimum atomic E-state index is -0.820. The molecule has 23 heavy (non-hydrogen) atoms. The molecule has 0 atom stereocenters. The summed E-state index contributed by atoms with van der Waals surface area (Å²) in [6.07, 6.45) is 0. The van der Waals surface area contributed by atoms with Crippen molar-refractivity contribution in [1.82, 2.24) is 10.2 Å². The molecule has 2 amide bonds. The molecule has 0 aliphatic rings. The first-order chi connectivity index (χ1) is 10.8. The molecule has 0 aromatic heterocycles. The van der Waals surface area contributed by atoms with E-state index in [-0.39, 0.29) is 34.5 Å². The number of benzene rings is 1. The summed E-state index contributed by atoms with van der Waals surface area (Å²) in [5.41, 5.74) is 0.0156. The number of amides is 2. The molecule has 8 nitrogen and oxygen atoms in total. The minimum Gasteiger partial charge on any atom is -0.503 e. The number of rotatable bonds is 6. The lowest BCUT2D eigenvalue weighted by atomic mass is 10.2. The van der Waals surface area contributed by atoms with E-state index in [1.807, 2.05) is 0 Å². The number of nitrogens with one attached hydrogen (secondary N) is 1. The molecule has 0 unspecified atom stereocenters. The van der Waals surface area contributed by atoms with Crippen LogP contribution in [-0.4, -0.2) is 62.1 Å². The zero-order chi connectivity index (χ0) is 17.6. The Balaban J connectivity index is 2.59. The number of carbonyl (C=O) groups is 3. The topological polar surface area (TPSA) is 105 Å². The van der Waals surface area contributed by atoms with Gasteiger partial charge in [0.15, 0.2) is 18.1 Å². The van der Waals surface area contributed by atoms with Crippen molar-refractivity contribution in [1.29, 1.82) is 0 Å². The molecule has 0 radical (unpaired) electrons. The second-order valence-electron chi connectivity index (χ2n) is 4.65. The Morgan fingerprint density at radius 2 is 1.96 bits per heavy atom. The number of phenols is 1. The van der Waals surface area contributed by atoms with E-state index in [0.29, 0.717) is 0 Å². The van der Waals surface area contributed by atoms with Gasteiger partial charge in [0.05, 0.1) is 24.2 Å². The van der Waals surface area contributed by atoms with Gasteiger partial charge in [0.1, 0.15) is 0 Å². The van der Waals surface area contributed by atoms with Crippen LogP contribution in [0.4, 0.5) is 0 Å². The fourth-order valence-corrected chi connectivity index (χ4v) is 1.66. The highest BCUT2D eigenvalue weighted by atomic mass is 35.5. The third-order valence-electron chi connectivity index (χ3n) is 2.75. The highest BCUT2D eigenvalue weighted by Crippen LogP contribution is 2.35. The Morgan fingerprint density at radius 3 is 2.52 bits per heavy atom. The third-order valence-corrected chi connectivity index (χ3v) is 3.04. The van der Waals surface area contributed by atoms with Gasteiger partial charge in [-0.2, -0.15) is 0 Å². The number of nitrogens with zero attached hydrogens (tertiary/aromatic N) is 1. The van der Waals surface area contributed by atoms with Crippen molar-refractivity contribution < 1.29 is 29.0 Å². The van der Waals surface area contributed by atoms with Crippen molar-refractivity contribution in [3.05, 3.63) is 22.7 Å². The standard InChI is InChI=1S/C14H17ClN2O6/c1-17(2)12(19)6-16-11(18)7-23-14(21)8-4-9(15)13(20)10(5-8)22-3/h4-5,20H,6-7H2,1-3H3,(H,16,18). The van der Waals surface area contributed by atoms with E-state index in [0.717, 1.165) is 0 Å². The highest BCUT2D eigenvalue weighted by molar-refractivity contribution is 6.32. The number of likely N-dealkylation sites (N-methyl/N-ethyl adjacent to an activating group) is 1. The summed E-state index contributed by atoms with van der Waals surface area (Å²) in [6.45, 7) is -0.747. The lowest BCUT2D eigenvalue weighted by molar-refractivity contribution is -0.131. The molecule has 0 aliphatic carbocycles. The van der Waals surface area contributed by atoms with E-state index in [1.165, 1.54) is 24.1 Å². The first kappa shape index (κ1) is 18.6. The number of hydrogen-bond acceptors (Lipinski definition) is 6. The number of hydrogen-bond donors (Lipinski definition) is 2. The molecule has 1 aromatic rings. The van der Waals surface area contributed by atoms with Crippen LogP contribution >= 0.6 is 11.6 Å². The zero-order valence-electron chi connectivity index (χ0n) is 12.9. The molecule has 0 aliphatic heterocycles. The number of ether oxygens (including phenoxy) is 2. The Bertz CT molecular complexity index is 618. The van der Waals surface area contributed by atoms with Crippen molar-refractivity contribution in [2.24, 2.45) is 0 Å².